The van der Waals surface area contributed by atoms with E-state index in [1.165, 1.54) is 11.3 Å². The lowest BCUT2D eigenvalue weighted by Gasteiger charge is -2.26. The number of nitrogens with zero attached hydrogens (tertiary/aromatic N) is 5. The van der Waals surface area contributed by atoms with Gasteiger partial charge in [0.2, 0.25) is 16.9 Å². The molecule has 1 aliphatic rings. The van der Waals surface area contributed by atoms with Crippen molar-refractivity contribution in [1.82, 2.24) is 30.2 Å². The van der Waals surface area contributed by atoms with Crippen LogP contribution < -0.4 is 10.6 Å². The van der Waals surface area contributed by atoms with Crippen LogP contribution in [0.1, 0.15) is 29.4 Å². The Kier molecular flexibility index (Phi) is 4.82. The first-order chi connectivity index (χ1) is 11.9. The van der Waals surface area contributed by atoms with Crippen LogP contribution in [0.4, 0.5) is 5.13 Å². The van der Waals surface area contributed by atoms with Crippen LogP contribution in [-0.2, 0) is 16.6 Å². The second-order valence-corrected chi connectivity index (χ2v) is 6.97. The van der Waals surface area contributed by atoms with Gasteiger partial charge < -0.3 is 10.2 Å². The highest BCUT2D eigenvalue weighted by Crippen LogP contribution is 2.35. The Hall–Kier alpha value is -2.33. The smallest absolute Gasteiger partial charge is 0.240 e. The minimum absolute atomic E-state index is 0.0506. The fraction of sp³-hybridized carbons (Fsp3) is 0.533. The van der Waals surface area contributed by atoms with Gasteiger partial charge in [0, 0.05) is 37.8 Å². The van der Waals surface area contributed by atoms with Gasteiger partial charge in [-0.3, -0.25) is 19.6 Å². The number of likely N-dealkylation sites (tertiary alicyclic amines) is 1. The van der Waals surface area contributed by atoms with E-state index in [-0.39, 0.29) is 30.4 Å². The van der Waals surface area contributed by atoms with Gasteiger partial charge in [0.25, 0.3) is 0 Å². The number of carbonyl (C=O) groups is 2. The number of nitrogens with one attached hydrogen (secondary N) is 2. The van der Waals surface area contributed by atoms with Crippen molar-refractivity contribution in [2.45, 2.75) is 32.4 Å². The summed E-state index contributed by atoms with van der Waals surface area (Å²) in [5.74, 6) is -0.160. The summed E-state index contributed by atoms with van der Waals surface area (Å²) in [4.78, 5) is 26.0. The number of anilines is 1. The normalized spacial score (nSPS) is 20.3. The third-order valence-corrected chi connectivity index (χ3v) is 5.18. The van der Waals surface area contributed by atoms with Crippen molar-refractivity contribution in [2.24, 2.45) is 7.05 Å². The predicted octanol–water partition coefficient (Wildman–Crippen LogP) is 0.389. The van der Waals surface area contributed by atoms with Crippen LogP contribution in [0.5, 0.6) is 0 Å². The van der Waals surface area contributed by atoms with Crippen LogP contribution in [0, 0.1) is 13.8 Å². The third-order valence-electron chi connectivity index (χ3n) is 4.58. The molecule has 2 aromatic rings. The summed E-state index contributed by atoms with van der Waals surface area (Å²) in [6, 6.07) is -0.296. The Labute approximate surface area is 149 Å². The van der Waals surface area contributed by atoms with Crippen molar-refractivity contribution in [2.75, 3.05) is 18.9 Å². The Morgan fingerprint density at radius 1 is 1.40 bits per heavy atom. The Morgan fingerprint density at radius 3 is 2.76 bits per heavy atom. The monoisotopic (exact) mass is 363 g/mol. The molecule has 0 aromatic carbocycles. The molecule has 2 N–H and O–H groups in total. The van der Waals surface area contributed by atoms with Crippen molar-refractivity contribution in [3.8, 4) is 0 Å². The molecule has 3 heterocycles. The number of aromatic nitrogens is 4. The molecule has 0 spiro atoms. The molecule has 1 saturated heterocycles. The molecule has 0 bridgehead atoms. The molecular formula is C15H21N7O2S. The molecule has 1 fully saturated rings. The van der Waals surface area contributed by atoms with Gasteiger partial charge in [-0.15, -0.1) is 10.2 Å². The average molecular weight is 363 g/mol. The largest absolute Gasteiger partial charge is 0.337 e. The van der Waals surface area contributed by atoms with Crippen molar-refractivity contribution in [1.29, 1.82) is 0 Å². The van der Waals surface area contributed by atoms with E-state index in [9.17, 15) is 9.59 Å². The lowest BCUT2D eigenvalue weighted by atomic mass is 9.98. The summed E-state index contributed by atoms with van der Waals surface area (Å²) in [7, 11) is 3.68. The first kappa shape index (κ1) is 17.5. The lowest BCUT2D eigenvalue weighted by Crippen LogP contribution is -2.40. The molecule has 0 saturated carbocycles. The number of hydrogen-bond donors (Lipinski definition) is 2. The number of rotatable bonds is 5. The van der Waals surface area contributed by atoms with Crippen LogP contribution in [0.3, 0.4) is 0 Å². The highest BCUT2D eigenvalue weighted by atomic mass is 32.1. The summed E-state index contributed by atoms with van der Waals surface area (Å²) in [6.07, 6.45) is 0.348. The van der Waals surface area contributed by atoms with E-state index < -0.39 is 0 Å². The standard InChI is InChI=1S/C15H21N7O2S/c1-8-13(9(2)22(4)20-8)14-10(5-12(24)21(14)3)16-6-11(23)18-15-19-17-7-25-15/h7,10,14,16H,5-6H2,1-4H3,(H,18,19,23)/t10-,14-/m1/s1. The SMILES string of the molecule is Cc1nn(C)c(C)c1[C@H]1[C@H](NCC(=O)Nc2nncs2)CC(=O)N1C. The van der Waals surface area contributed by atoms with Crippen LogP contribution in [0.2, 0.25) is 0 Å². The van der Waals surface area contributed by atoms with Crippen molar-refractivity contribution < 1.29 is 9.59 Å². The molecular weight excluding hydrogens is 342 g/mol. The highest BCUT2D eigenvalue weighted by molar-refractivity contribution is 7.13. The Bertz CT molecular complexity index is 786. The minimum atomic E-state index is -0.211. The number of likely N-dealkylation sites (N-methyl/N-ethyl adjacent to an activating group) is 1. The van der Waals surface area contributed by atoms with Gasteiger partial charge in [-0.05, 0) is 13.8 Å². The lowest BCUT2D eigenvalue weighted by molar-refractivity contribution is -0.127. The van der Waals surface area contributed by atoms with Crippen LogP contribution >= 0.6 is 11.3 Å². The Morgan fingerprint density at radius 2 is 2.16 bits per heavy atom. The molecule has 0 unspecified atom stereocenters. The summed E-state index contributed by atoms with van der Waals surface area (Å²) in [5.41, 5.74) is 4.51. The zero-order chi connectivity index (χ0) is 18.1. The molecule has 0 aliphatic carbocycles. The van der Waals surface area contributed by atoms with Crippen LogP contribution in [0.25, 0.3) is 0 Å². The van der Waals surface area contributed by atoms with E-state index in [4.69, 9.17) is 0 Å². The van der Waals surface area contributed by atoms with Crippen molar-refractivity contribution in [3.63, 3.8) is 0 Å². The Balaban J connectivity index is 1.73. The molecule has 2 amide bonds. The van der Waals surface area contributed by atoms with Gasteiger partial charge in [-0.1, -0.05) is 11.3 Å². The number of aryl methyl sites for hydroxylation is 2. The first-order valence-corrected chi connectivity index (χ1v) is 8.81. The van der Waals surface area contributed by atoms with E-state index >= 15 is 0 Å². The van der Waals surface area contributed by atoms with E-state index in [1.807, 2.05) is 25.6 Å². The van der Waals surface area contributed by atoms with Gasteiger partial charge in [-0.2, -0.15) is 5.10 Å². The van der Waals surface area contributed by atoms with E-state index in [1.54, 1.807) is 17.5 Å². The van der Waals surface area contributed by atoms with Crippen LogP contribution in [-0.4, -0.2) is 56.3 Å². The number of carbonyl (C=O) groups excluding carboxylic acids is 2. The molecule has 25 heavy (non-hydrogen) atoms. The summed E-state index contributed by atoms with van der Waals surface area (Å²) < 4.78 is 1.82. The fourth-order valence-electron chi connectivity index (χ4n) is 3.28. The maximum Gasteiger partial charge on any atom is 0.240 e. The molecule has 2 atom stereocenters. The molecule has 134 valence electrons. The number of hydrogen-bond acceptors (Lipinski definition) is 7. The molecule has 3 rings (SSSR count). The quantitative estimate of drug-likeness (QED) is 0.796. The molecule has 10 heteroatoms. The summed E-state index contributed by atoms with van der Waals surface area (Å²) in [5, 5.41) is 18.3. The number of amides is 2. The second kappa shape index (κ2) is 6.89. The second-order valence-electron chi connectivity index (χ2n) is 6.14. The zero-order valence-electron chi connectivity index (χ0n) is 14.6. The zero-order valence-corrected chi connectivity index (χ0v) is 15.4. The minimum Gasteiger partial charge on any atom is -0.337 e. The fourth-order valence-corrected chi connectivity index (χ4v) is 3.74. The van der Waals surface area contributed by atoms with Gasteiger partial charge in [0.15, 0.2) is 0 Å². The van der Waals surface area contributed by atoms with Crippen LogP contribution in [0.15, 0.2) is 5.51 Å². The van der Waals surface area contributed by atoms with Crippen molar-refractivity contribution in [3.05, 3.63) is 22.5 Å². The van der Waals surface area contributed by atoms with E-state index in [0.29, 0.717) is 11.6 Å². The van der Waals surface area contributed by atoms with E-state index in [2.05, 4.69) is 25.9 Å². The maximum atomic E-state index is 12.2. The van der Waals surface area contributed by atoms with Gasteiger partial charge in [-0.25, -0.2) is 0 Å². The maximum absolute atomic E-state index is 12.2. The van der Waals surface area contributed by atoms with E-state index in [0.717, 1.165) is 17.0 Å². The molecule has 9 nitrogen and oxygen atoms in total. The van der Waals surface area contributed by atoms with Gasteiger partial charge in [0.1, 0.15) is 5.51 Å². The summed E-state index contributed by atoms with van der Waals surface area (Å²) >= 11 is 1.26. The van der Waals surface area contributed by atoms with Gasteiger partial charge >= 0.3 is 0 Å². The third kappa shape index (κ3) is 3.40. The molecule has 2 aromatic heterocycles. The molecule has 1 aliphatic heterocycles. The molecule has 0 radical (unpaired) electrons. The average Bonchev–Trinajstić information content (AvgIpc) is 3.22. The van der Waals surface area contributed by atoms with Gasteiger partial charge in [0.05, 0.1) is 18.3 Å². The highest BCUT2D eigenvalue weighted by Gasteiger charge is 2.41. The topological polar surface area (TPSA) is 105 Å². The first-order valence-electron chi connectivity index (χ1n) is 7.93. The predicted molar refractivity (Wildman–Crippen MR) is 93.1 cm³/mol. The summed E-state index contributed by atoms with van der Waals surface area (Å²) in [6.45, 7) is 4.03. The van der Waals surface area contributed by atoms with Crippen molar-refractivity contribution >= 4 is 28.3 Å².